The number of halogens is 3. The van der Waals surface area contributed by atoms with E-state index in [1.165, 1.54) is 6.20 Å². The fourth-order valence-corrected chi connectivity index (χ4v) is 3.65. The van der Waals surface area contributed by atoms with Gasteiger partial charge in [0.1, 0.15) is 11.4 Å². The molecule has 0 bridgehead atoms. The van der Waals surface area contributed by atoms with Gasteiger partial charge in [0.2, 0.25) is 0 Å². The van der Waals surface area contributed by atoms with Crippen LogP contribution in [0.3, 0.4) is 0 Å². The number of aryl methyl sites for hydroxylation is 1. The summed E-state index contributed by atoms with van der Waals surface area (Å²) in [6.07, 6.45) is 0.815. The van der Waals surface area contributed by atoms with Gasteiger partial charge in [-0.05, 0) is 56.7 Å². The molecule has 1 aromatic heterocycles. The van der Waals surface area contributed by atoms with Crippen LogP contribution in [-0.2, 0) is 0 Å². The third-order valence-electron chi connectivity index (χ3n) is 5.56. The first kappa shape index (κ1) is 18.0. The molecule has 0 radical (unpaired) electrons. The Kier molecular flexibility index (Phi) is 4.05. The highest BCUT2D eigenvalue weighted by Gasteiger charge is 2.37. The first-order chi connectivity index (χ1) is 12.7. The van der Waals surface area contributed by atoms with E-state index in [0.717, 1.165) is 18.4 Å². The summed E-state index contributed by atoms with van der Waals surface area (Å²) in [5, 5.41) is 0. The van der Waals surface area contributed by atoms with Gasteiger partial charge in [-0.3, -0.25) is 9.98 Å². The lowest BCUT2D eigenvalue weighted by atomic mass is 9.92. The molecule has 0 atom stereocenters. The predicted molar refractivity (Wildman–Crippen MR) is 100 cm³/mol. The van der Waals surface area contributed by atoms with Crippen LogP contribution in [0.4, 0.5) is 18.9 Å². The van der Waals surface area contributed by atoms with Gasteiger partial charge < -0.3 is 4.90 Å². The number of pyridine rings is 1. The largest absolute Gasteiger partial charge is 0.348 e. The minimum absolute atomic E-state index is 0.202. The summed E-state index contributed by atoms with van der Waals surface area (Å²) in [7, 11) is 1.84. The van der Waals surface area contributed by atoms with Crippen LogP contribution < -0.4 is 4.90 Å². The van der Waals surface area contributed by atoms with Crippen LogP contribution in [0.5, 0.6) is 0 Å². The van der Waals surface area contributed by atoms with Gasteiger partial charge in [0, 0.05) is 24.4 Å². The lowest BCUT2D eigenvalue weighted by Gasteiger charge is -2.40. The van der Waals surface area contributed by atoms with Crippen LogP contribution in [0.1, 0.15) is 67.0 Å². The maximum Gasteiger partial charge on any atom is 0.280 e. The van der Waals surface area contributed by atoms with Crippen molar-refractivity contribution in [1.29, 1.82) is 0 Å². The summed E-state index contributed by atoms with van der Waals surface area (Å²) in [5.41, 5.74) is 2.65. The average molecular weight is 373 g/mol. The minimum atomic E-state index is -2.62. The number of nitrogens with zero attached hydrogens (tertiary/aromatic N) is 3. The third kappa shape index (κ3) is 2.91. The Hall–Kier alpha value is -2.37. The van der Waals surface area contributed by atoms with Crippen LogP contribution in [0.15, 0.2) is 29.4 Å². The van der Waals surface area contributed by atoms with E-state index in [1.807, 2.05) is 37.9 Å². The molecular weight excluding hydrogens is 351 g/mol. The zero-order valence-corrected chi connectivity index (χ0v) is 15.9. The first-order valence-corrected chi connectivity index (χ1v) is 9.12. The summed E-state index contributed by atoms with van der Waals surface area (Å²) < 4.78 is 41.5. The summed E-state index contributed by atoms with van der Waals surface area (Å²) >= 11 is 0. The van der Waals surface area contributed by atoms with Crippen molar-refractivity contribution in [2.24, 2.45) is 4.99 Å². The Bertz CT molecular complexity index is 946. The third-order valence-corrected chi connectivity index (χ3v) is 5.56. The molecule has 0 N–H and O–H groups in total. The zero-order valence-electron chi connectivity index (χ0n) is 15.9. The van der Waals surface area contributed by atoms with Gasteiger partial charge in [0.25, 0.3) is 6.43 Å². The maximum atomic E-state index is 15.4. The molecule has 0 spiro atoms. The fourth-order valence-electron chi connectivity index (χ4n) is 3.65. The SMILES string of the molecule is Cc1cc(C2=NC(C)(C)N(C)c3c2ccc(C2CC2)c3F)cnc1C(F)F. The van der Waals surface area contributed by atoms with Crippen LogP contribution >= 0.6 is 0 Å². The van der Waals surface area contributed by atoms with Crippen molar-refractivity contribution in [3.8, 4) is 0 Å². The Balaban J connectivity index is 1.89. The van der Waals surface area contributed by atoms with Crippen molar-refractivity contribution in [2.45, 2.75) is 51.6 Å². The molecule has 4 rings (SSSR count). The van der Waals surface area contributed by atoms with Crippen LogP contribution in [-0.4, -0.2) is 23.4 Å². The molecule has 6 heteroatoms. The zero-order chi connectivity index (χ0) is 19.5. The molecule has 1 saturated carbocycles. The molecule has 1 aliphatic carbocycles. The summed E-state index contributed by atoms with van der Waals surface area (Å²) in [6, 6.07) is 5.39. The van der Waals surface area contributed by atoms with E-state index >= 15 is 4.39 Å². The highest BCUT2D eigenvalue weighted by atomic mass is 19.3. The number of fused-ring (bicyclic) bond motifs is 1. The standard InChI is InChI=1S/C21H22F3N3/c1-11-9-13(10-25-17(11)20(23)24)18-15-8-7-14(12-5-6-12)16(22)19(15)27(4)21(2,3)26-18/h7-10,12,20H,5-6H2,1-4H3. The highest BCUT2D eigenvalue weighted by molar-refractivity contribution is 6.17. The number of anilines is 1. The van der Waals surface area contributed by atoms with Crippen LogP contribution in [0.2, 0.25) is 0 Å². The Morgan fingerprint density at radius 3 is 2.52 bits per heavy atom. The van der Waals surface area contributed by atoms with Crippen molar-refractivity contribution in [3.63, 3.8) is 0 Å². The molecule has 0 unspecified atom stereocenters. The van der Waals surface area contributed by atoms with Gasteiger partial charge in [-0.1, -0.05) is 12.1 Å². The highest BCUT2D eigenvalue weighted by Crippen LogP contribution is 2.46. The maximum absolute atomic E-state index is 15.4. The van der Waals surface area contributed by atoms with Crippen molar-refractivity contribution in [3.05, 3.63) is 58.2 Å². The quantitative estimate of drug-likeness (QED) is 0.724. The fraction of sp³-hybridized carbons (Fsp3) is 0.429. The molecule has 27 heavy (non-hydrogen) atoms. The van der Waals surface area contributed by atoms with E-state index in [0.29, 0.717) is 34.0 Å². The molecule has 2 aliphatic rings. The van der Waals surface area contributed by atoms with Gasteiger partial charge >= 0.3 is 0 Å². The van der Waals surface area contributed by atoms with E-state index < -0.39 is 12.1 Å². The lowest BCUT2D eigenvalue weighted by molar-refractivity contribution is 0.145. The Morgan fingerprint density at radius 2 is 1.93 bits per heavy atom. The molecule has 1 aromatic carbocycles. The number of aliphatic imine (C=N–C) groups is 1. The van der Waals surface area contributed by atoms with Crippen LogP contribution in [0.25, 0.3) is 0 Å². The second-order valence-electron chi connectivity index (χ2n) is 7.88. The molecule has 1 aliphatic heterocycles. The Labute approximate surface area is 156 Å². The minimum Gasteiger partial charge on any atom is -0.348 e. The number of rotatable bonds is 3. The number of hydrogen-bond acceptors (Lipinski definition) is 3. The van der Waals surface area contributed by atoms with Gasteiger partial charge in [0.15, 0.2) is 5.82 Å². The van der Waals surface area contributed by atoms with Crippen LogP contribution in [0, 0.1) is 12.7 Å². The van der Waals surface area contributed by atoms with Crippen molar-refractivity contribution < 1.29 is 13.2 Å². The molecule has 1 fully saturated rings. The second kappa shape index (κ2) is 6.08. The summed E-state index contributed by atoms with van der Waals surface area (Å²) in [5.74, 6) is 0.0928. The predicted octanol–water partition coefficient (Wildman–Crippen LogP) is 5.37. The summed E-state index contributed by atoms with van der Waals surface area (Å²) in [4.78, 5) is 10.6. The van der Waals surface area contributed by atoms with Crippen molar-refractivity contribution in [2.75, 3.05) is 11.9 Å². The number of aromatic nitrogens is 1. The van der Waals surface area contributed by atoms with Gasteiger partial charge in [0.05, 0.1) is 11.4 Å². The van der Waals surface area contributed by atoms with Gasteiger partial charge in [-0.25, -0.2) is 13.2 Å². The molecule has 3 nitrogen and oxygen atoms in total. The average Bonchev–Trinajstić information content (AvgIpc) is 3.42. The van der Waals surface area contributed by atoms with Gasteiger partial charge in [-0.2, -0.15) is 0 Å². The van der Waals surface area contributed by atoms with Gasteiger partial charge in [-0.15, -0.1) is 0 Å². The van der Waals surface area contributed by atoms with Crippen molar-refractivity contribution >= 4 is 11.4 Å². The Morgan fingerprint density at radius 1 is 1.22 bits per heavy atom. The van der Waals surface area contributed by atoms with E-state index in [4.69, 9.17) is 4.99 Å². The monoisotopic (exact) mass is 373 g/mol. The number of alkyl halides is 2. The van der Waals surface area contributed by atoms with E-state index in [2.05, 4.69) is 4.98 Å². The van der Waals surface area contributed by atoms with E-state index in [-0.39, 0.29) is 11.5 Å². The summed E-state index contributed by atoms with van der Waals surface area (Å²) in [6.45, 7) is 5.43. The number of hydrogen-bond donors (Lipinski definition) is 0. The van der Waals surface area contributed by atoms with E-state index in [9.17, 15) is 8.78 Å². The lowest BCUT2D eigenvalue weighted by Crippen LogP contribution is -2.45. The first-order valence-electron chi connectivity index (χ1n) is 9.12. The van der Waals surface area contributed by atoms with Crippen molar-refractivity contribution in [1.82, 2.24) is 4.98 Å². The molecule has 142 valence electrons. The normalized spacial score (nSPS) is 18.5. The molecule has 0 saturated heterocycles. The molecule has 0 amide bonds. The van der Waals surface area contributed by atoms with E-state index in [1.54, 1.807) is 13.0 Å². The second-order valence-corrected chi connectivity index (χ2v) is 7.88. The molecular formula is C21H22F3N3. The molecule has 2 heterocycles. The number of benzene rings is 1. The topological polar surface area (TPSA) is 28.5 Å². The smallest absolute Gasteiger partial charge is 0.280 e. The molecule has 2 aromatic rings.